The third kappa shape index (κ3) is 7.10. The van der Waals surface area contributed by atoms with Crippen LogP contribution in [0.15, 0.2) is 42.7 Å². The summed E-state index contributed by atoms with van der Waals surface area (Å²) in [6.45, 7) is 6.70. The maximum Gasteiger partial charge on any atom is 0.340 e. The van der Waals surface area contributed by atoms with Gasteiger partial charge >= 0.3 is 11.7 Å². The molecule has 0 amide bonds. The molecule has 9 nitrogen and oxygen atoms in total. The second-order valence-electron chi connectivity index (χ2n) is 8.94. The lowest BCUT2D eigenvalue weighted by Crippen LogP contribution is -2.24. The van der Waals surface area contributed by atoms with E-state index >= 15 is 0 Å². The van der Waals surface area contributed by atoms with E-state index in [-0.39, 0.29) is 11.5 Å². The molecule has 0 fully saturated rings. The minimum atomic E-state index is -0.638. The van der Waals surface area contributed by atoms with Gasteiger partial charge in [-0.05, 0) is 51.8 Å². The second kappa shape index (κ2) is 11.0. The van der Waals surface area contributed by atoms with E-state index in [9.17, 15) is 14.9 Å². The number of pyridine rings is 1. The van der Waals surface area contributed by atoms with Crippen LogP contribution >= 0.6 is 23.2 Å². The molecule has 186 valence electrons. The molecule has 0 atom stereocenters. The number of nitrogens with zero attached hydrogens (tertiary/aromatic N) is 3. The van der Waals surface area contributed by atoms with Gasteiger partial charge in [0.1, 0.15) is 11.4 Å². The first-order valence-electron chi connectivity index (χ1n) is 11.0. The van der Waals surface area contributed by atoms with Crippen molar-refractivity contribution in [2.75, 3.05) is 17.6 Å². The molecule has 0 saturated heterocycles. The molecule has 2 heterocycles. The van der Waals surface area contributed by atoms with Gasteiger partial charge < -0.3 is 20.4 Å². The Hall–Kier alpha value is -3.30. The summed E-state index contributed by atoms with van der Waals surface area (Å²) in [5, 5.41) is 14.9. The van der Waals surface area contributed by atoms with Crippen LogP contribution in [-0.2, 0) is 11.3 Å². The standard InChI is InChI=1S/C24H27Cl2N5O4/c1-24(2,3)35-23(32)18-14-30(13-17(18)16-7-6-15(25)12-19(16)26)11-5-4-10-28-21-9-8-20(31(33)34)22(27)29-21/h6-9,12-14H,4-5,10-11H2,1-3H3,(H3,27,28,29). The highest BCUT2D eigenvalue weighted by molar-refractivity contribution is 6.36. The number of nitrogens with one attached hydrogen (secondary N) is 1. The van der Waals surface area contributed by atoms with Crippen LogP contribution < -0.4 is 11.1 Å². The predicted octanol–water partition coefficient (Wildman–Crippen LogP) is 6.19. The number of nitrogens with two attached hydrogens (primary N) is 1. The maximum atomic E-state index is 12.9. The zero-order valence-electron chi connectivity index (χ0n) is 19.7. The lowest BCUT2D eigenvalue weighted by molar-refractivity contribution is -0.384. The number of aromatic nitrogens is 2. The molecule has 0 aliphatic heterocycles. The molecule has 0 bridgehead atoms. The minimum Gasteiger partial charge on any atom is -0.456 e. The zero-order chi connectivity index (χ0) is 25.8. The minimum absolute atomic E-state index is 0.129. The van der Waals surface area contributed by atoms with Crippen molar-refractivity contribution in [1.29, 1.82) is 0 Å². The third-order valence-corrected chi connectivity index (χ3v) is 5.52. The van der Waals surface area contributed by atoms with E-state index < -0.39 is 16.5 Å². The normalized spacial score (nSPS) is 11.3. The van der Waals surface area contributed by atoms with Crippen molar-refractivity contribution >= 4 is 46.5 Å². The van der Waals surface area contributed by atoms with E-state index in [0.29, 0.717) is 45.6 Å². The zero-order valence-corrected chi connectivity index (χ0v) is 21.2. The highest BCUT2D eigenvalue weighted by Crippen LogP contribution is 2.34. The Kier molecular flexibility index (Phi) is 8.24. The number of aryl methyl sites for hydroxylation is 1. The number of benzene rings is 1. The fourth-order valence-electron chi connectivity index (χ4n) is 3.41. The fraction of sp³-hybridized carbons (Fsp3) is 0.333. The van der Waals surface area contributed by atoms with E-state index in [4.69, 9.17) is 33.7 Å². The van der Waals surface area contributed by atoms with Crippen molar-refractivity contribution in [3.63, 3.8) is 0 Å². The van der Waals surface area contributed by atoms with Crippen molar-refractivity contribution in [2.45, 2.75) is 45.8 Å². The number of hydrogen-bond acceptors (Lipinski definition) is 7. The largest absolute Gasteiger partial charge is 0.456 e. The molecule has 0 aliphatic carbocycles. The lowest BCUT2D eigenvalue weighted by atomic mass is 10.0. The number of esters is 1. The second-order valence-corrected chi connectivity index (χ2v) is 9.78. The summed E-state index contributed by atoms with van der Waals surface area (Å²) in [5.74, 6) is -0.0860. The molecule has 2 aromatic heterocycles. The van der Waals surface area contributed by atoms with Gasteiger partial charge in [-0.15, -0.1) is 0 Å². The van der Waals surface area contributed by atoms with E-state index in [1.165, 1.54) is 12.1 Å². The van der Waals surface area contributed by atoms with Crippen molar-refractivity contribution < 1.29 is 14.5 Å². The number of ether oxygens (including phenoxy) is 1. The van der Waals surface area contributed by atoms with Crippen LogP contribution in [0.1, 0.15) is 44.0 Å². The maximum absolute atomic E-state index is 12.9. The van der Waals surface area contributed by atoms with E-state index in [2.05, 4.69) is 10.3 Å². The lowest BCUT2D eigenvalue weighted by Gasteiger charge is -2.19. The van der Waals surface area contributed by atoms with E-state index in [1.54, 1.807) is 24.4 Å². The highest BCUT2D eigenvalue weighted by atomic mass is 35.5. The number of unbranched alkanes of at least 4 members (excludes halogenated alkanes) is 1. The van der Waals surface area contributed by atoms with Gasteiger partial charge in [-0.25, -0.2) is 9.78 Å². The molecule has 11 heteroatoms. The van der Waals surface area contributed by atoms with Gasteiger partial charge in [-0.2, -0.15) is 0 Å². The topological polar surface area (TPSA) is 125 Å². The van der Waals surface area contributed by atoms with Gasteiger partial charge in [0.05, 0.1) is 10.5 Å². The number of carbonyl (C=O) groups excluding carboxylic acids is 1. The molecule has 0 saturated carbocycles. The van der Waals surface area contributed by atoms with Crippen LogP contribution in [0.5, 0.6) is 0 Å². The Labute approximate surface area is 213 Å². The molecule has 3 N–H and O–H groups in total. The number of hydrogen-bond donors (Lipinski definition) is 2. The van der Waals surface area contributed by atoms with Gasteiger partial charge in [0.15, 0.2) is 0 Å². The summed E-state index contributed by atoms with van der Waals surface area (Å²) in [5.41, 5.74) is 6.55. The molecular formula is C24H27Cl2N5O4. The summed E-state index contributed by atoms with van der Waals surface area (Å²) in [6, 6.07) is 8.00. The number of nitro groups is 1. The van der Waals surface area contributed by atoms with Gasteiger partial charge in [0, 0.05) is 52.7 Å². The van der Waals surface area contributed by atoms with Gasteiger partial charge in [-0.3, -0.25) is 10.1 Å². The van der Waals surface area contributed by atoms with Crippen LogP contribution in [0.2, 0.25) is 10.0 Å². The van der Waals surface area contributed by atoms with Crippen LogP contribution in [0.25, 0.3) is 11.1 Å². The van der Waals surface area contributed by atoms with Crippen molar-refractivity contribution in [3.05, 3.63) is 68.4 Å². The highest BCUT2D eigenvalue weighted by Gasteiger charge is 2.23. The summed E-state index contributed by atoms with van der Waals surface area (Å²) < 4.78 is 7.53. The first kappa shape index (κ1) is 26.3. The molecule has 0 spiro atoms. The SMILES string of the molecule is CC(C)(C)OC(=O)c1cn(CCCCNc2ccc([N+](=O)[O-])c(N)n2)cc1-c1ccc(Cl)cc1Cl. The van der Waals surface area contributed by atoms with Crippen molar-refractivity contribution in [3.8, 4) is 11.1 Å². The van der Waals surface area contributed by atoms with E-state index in [1.807, 2.05) is 31.5 Å². The summed E-state index contributed by atoms with van der Waals surface area (Å²) in [6.07, 6.45) is 5.22. The van der Waals surface area contributed by atoms with Crippen molar-refractivity contribution in [1.82, 2.24) is 9.55 Å². The van der Waals surface area contributed by atoms with Crippen LogP contribution in [0, 0.1) is 10.1 Å². The Balaban J connectivity index is 1.67. The van der Waals surface area contributed by atoms with Crippen LogP contribution in [0.3, 0.4) is 0 Å². The monoisotopic (exact) mass is 519 g/mol. The number of carbonyl (C=O) groups is 1. The van der Waals surface area contributed by atoms with Gasteiger partial charge in [0.2, 0.25) is 5.82 Å². The van der Waals surface area contributed by atoms with Crippen LogP contribution in [-0.4, -0.2) is 32.6 Å². The van der Waals surface area contributed by atoms with Gasteiger partial charge in [0.25, 0.3) is 0 Å². The predicted molar refractivity (Wildman–Crippen MR) is 138 cm³/mol. The molecule has 35 heavy (non-hydrogen) atoms. The Morgan fingerprint density at radius 1 is 1.17 bits per heavy atom. The molecule has 0 aliphatic rings. The molecular weight excluding hydrogens is 493 g/mol. The summed E-state index contributed by atoms with van der Waals surface area (Å²) in [7, 11) is 0. The fourth-order valence-corrected chi connectivity index (χ4v) is 3.92. The Morgan fingerprint density at radius 2 is 1.91 bits per heavy atom. The summed E-state index contributed by atoms with van der Waals surface area (Å²) >= 11 is 12.5. The first-order valence-corrected chi connectivity index (χ1v) is 11.7. The third-order valence-electron chi connectivity index (χ3n) is 4.97. The molecule has 3 rings (SSSR count). The first-order chi connectivity index (χ1) is 16.4. The number of rotatable bonds is 9. The number of anilines is 2. The van der Waals surface area contributed by atoms with Crippen LogP contribution in [0.4, 0.5) is 17.3 Å². The van der Waals surface area contributed by atoms with E-state index in [0.717, 1.165) is 12.8 Å². The molecule has 0 unspecified atom stereocenters. The number of nitrogen functional groups attached to an aromatic ring is 1. The summed E-state index contributed by atoms with van der Waals surface area (Å²) in [4.78, 5) is 27.2. The molecule has 0 radical (unpaired) electrons. The van der Waals surface area contributed by atoms with Crippen molar-refractivity contribution in [2.24, 2.45) is 0 Å². The smallest absolute Gasteiger partial charge is 0.340 e. The Bertz CT molecular complexity index is 1240. The average molecular weight is 520 g/mol. The number of halogens is 2. The Morgan fingerprint density at radius 3 is 2.54 bits per heavy atom. The molecule has 1 aromatic carbocycles. The van der Waals surface area contributed by atoms with Gasteiger partial charge in [-0.1, -0.05) is 29.3 Å². The average Bonchev–Trinajstić information content (AvgIpc) is 3.16. The molecule has 3 aromatic rings. The quantitative estimate of drug-likeness (QED) is 0.149.